The van der Waals surface area contributed by atoms with Crippen molar-refractivity contribution >= 4 is 38.7 Å². The fraction of sp³-hybridized carbons (Fsp3) is 0.294. The Balaban J connectivity index is 1.96. The Bertz CT molecular complexity index is 967. The van der Waals surface area contributed by atoms with Crippen molar-refractivity contribution in [1.82, 2.24) is 0 Å². The fourth-order valence-electron chi connectivity index (χ4n) is 3.01. The molecule has 1 saturated heterocycles. The molecule has 0 radical (unpaired) electrons. The predicted octanol–water partition coefficient (Wildman–Crippen LogP) is 3.01. The number of nitro groups is 1. The Morgan fingerprint density at radius 1 is 1.26 bits per heavy atom. The molecule has 1 heterocycles. The topological polar surface area (TPSA) is 113 Å². The van der Waals surface area contributed by atoms with Gasteiger partial charge in [0.15, 0.2) is 0 Å². The van der Waals surface area contributed by atoms with E-state index in [9.17, 15) is 23.6 Å². The molecule has 0 unspecified atom stereocenters. The first-order valence-corrected chi connectivity index (χ1v) is 10.1. The smallest absolute Gasteiger partial charge is 0.293 e. The number of hydrogen-bond donors (Lipinski definition) is 2. The second-order valence-corrected chi connectivity index (χ2v) is 8.32. The highest BCUT2D eigenvalue weighted by atomic mass is 35.5. The van der Waals surface area contributed by atoms with Crippen molar-refractivity contribution in [3.8, 4) is 0 Å². The van der Waals surface area contributed by atoms with Crippen LogP contribution in [0, 0.1) is 10.1 Å². The van der Waals surface area contributed by atoms with Crippen molar-refractivity contribution in [3.63, 3.8) is 0 Å². The standard InChI is InChI=1S/C17H18ClN3O5S/c18-14-5-1-2-6-15(14)19-27(25,26)13-7-8-16(17(10-13)21(23)24)20-9-3-4-12(22)11-20/h1-2,5-8,10,12,19,22H,3-4,9,11H2/t12-/m1/s1. The Hall–Kier alpha value is -2.36. The minimum atomic E-state index is -4.06. The monoisotopic (exact) mass is 411 g/mol. The number of benzene rings is 2. The molecule has 2 N–H and O–H groups in total. The number of nitro benzene ring substituents is 1. The van der Waals surface area contributed by atoms with Crippen molar-refractivity contribution in [2.24, 2.45) is 0 Å². The number of rotatable bonds is 5. The number of anilines is 2. The summed E-state index contributed by atoms with van der Waals surface area (Å²) in [5.41, 5.74) is 0.145. The molecule has 27 heavy (non-hydrogen) atoms. The summed E-state index contributed by atoms with van der Waals surface area (Å²) in [6.45, 7) is 0.826. The van der Waals surface area contributed by atoms with Crippen LogP contribution in [0.5, 0.6) is 0 Å². The first-order valence-electron chi connectivity index (χ1n) is 8.27. The third-order valence-electron chi connectivity index (χ3n) is 4.31. The van der Waals surface area contributed by atoms with E-state index in [0.29, 0.717) is 19.4 Å². The number of para-hydroxylation sites is 1. The summed E-state index contributed by atoms with van der Waals surface area (Å²) in [6, 6.07) is 10.0. The number of hydrogen-bond acceptors (Lipinski definition) is 6. The van der Waals surface area contributed by atoms with Gasteiger partial charge in [0.1, 0.15) is 5.69 Å². The van der Waals surface area contributed by atoms with E-state index < -0.39 is 21.1 Å². The van der Waals surface area contributed by atoms with Gasteiger partial charge in [-0.3, -0.25) is 14.8 Å². The van der Waals surface area contributed by atoms with Crippen LogP contribution in [-0.4, -0.2) is 37.6 Å². The van der Waals surface area contributed by atoms with Gasteiger partial charge < -0.3 is 10.0 Å². The molecule has 1 aliphatic heterocycles. The average Bonchev–Trinajstić information content (AvgIpc) is 2.63. The number of nitrogens with zero attached hydrogens (tertiary/aromatic N) is 2. The fourth-order valence-corrected chi connectivity index (χ4v) is 4.34. The Morgan fingerprint density at radius 2 is 2.00 bits per heavy atom. The highest BCUT2D eigenvalue weighted by molar-refractivity contribution is 7.92. The molecule has 1 atom stereocenters. The number of nitrogens with one attached hydrogen (secondary N) is 1. The zero-order chi connectivity index (χ0) is 19.6. The van der Waals surface area contributed by atoms with E-state index in [-0.39, 0.29) is 33.5 Å². The molecule has 2 aromatic carbocycles. The molecule has 0 spiro atoms. The molecule has 144 valence electrons. The SMILES string of the molecule is O=[N+]([O-])c1cc(S(=O)(=O)Nc2ccccc2Cl)ccc1N1CCC[C@@H](O)C1. The Kier molecular flexibility index (Phi) is 5.54. The number of sulfonamides is 1. The predicted molar refractivity (Wildman–Crippen MR) is 103 cm³/mol. The van der Waals surface area contributed by atoms with Gasteiger partial charge in [-0.25, -0.2) is 8.42 Å². The van der Waals surface area contributed by atoms with Crippen LogP contribution in [0.4, 0.5) is 17.1 Å². The van der Waals surface area contributed by atoms with E-state index >= 15 is 0 Å². The number of piperidine rings is 1. The van der Waals surface area contributed by atoms with Crippen molar-refractivity contribution in [2.75, 3.05) is 22.7 Å². The normalized spacial score (nSPS) is 17.6. The van der Waals surface area contributed by atoms with E-state index in [4.69, 9.17) is 11.6 Å². The lowest BCUT2D eigenvalue weighted by atomic mass is 10.1. The van der Waals surface area contributed by atoms with Crippen LogP contribution in [0.2, 0.25) is 5.02 Å². The maximum absolute atomic E-state index is 12.6. The van der Waals surface area contributed by atoms with Crippen molar-refractivity contribution in [3.05, 3.63) is 57.6 Å². The summed E-state index contributed by atoms with van der Waals surface area (Å²) in [5.74, 6) is 0. The third-order valence-corrected chi connectivity index (χ3v) is 6.00. The Morgan fingerprint density at radius 3 is 2.67 bits per heavy atom. The van der Waals surface area contributed by atoms with Crippen molar-refractivity contribution in [2.45, 2.75) is 23.8 Å². The van der Waals surface area contributed by atoms with Crippen LogP contribution < -0.4 is 9.62 Å². The van der Waals surface area contributed by atoms with Gasteiger partial charge in [-0.1, -0.05) is 23.7 Å². The highest BCUT2D eigenvalue weighted by Crippen LogP contribution is 2.33. The first kappa shape index (κ1) is 19.4. The molecule has 3 rings (SSSR count). The van der Waals surface area contributed by atoms with Gasteiger partial charge in [0.2, 0.25) is 0 Å². The summed E-state index contributed by atoms with van der Waals surface area (Å²) in [7, 11) is -4.06. The zero-order valence-electron chi connectivity index (χ0n) is 14.2. The maximum atomic E-state index is 12.6. The van der Waals surface area contributed by atoms with Gasteiger partial charge in [-0.15, -0.1) is 0 Å². The van der Waals surface area contributed by atoms with E-state index in [1.54, 1.807) is 17.0 Å². The summed E-state index contributed by atoms with van der Waals surface area (Å²) in [6.07, 6.45) is 0.772. The van der Waals surface area contributed by atoms with E-state index in [0.717, 1.165) is 6.07 Å². The summed E-state index contributed by atoms with van der Waals surface area (Å²) < 4.78 is 27.6. The molecule has 0 saturated carbocycles. The quantitative estimate of drug-likeness (QED) is 0.577. The number of aliphatic hydroxyl groups excluding tert-OH is 1. The zero-order valence-corrected chi connectivity index (χ0v) is 15.8. The van der Waals surface area contributed by atoms with Crippen LogP contribution in [0.3, 0.4) is 0 Å². The second kappa shape index (κ2) is 7.71. The van der Waals surface area contributed by atoms with Gasteiger partial charge >= 0.3 is 0 Å². The van der Waals surface area contributed by atoms with E-state index in [1.807, 2.05) is 0 Å². The molecule has 0 amide bonds. The van der Waals surface area contributed by atoms with Gasteiger partial charge in [0.25, 0.3) is 15.7 Å². The summed E-state index contributed by atoms with van der Waals surface area (Å²) in [4.78, 5) is 12.4. The van der Waals surface area contributed by atoms with Crippen molar-refractivity contribution < 1.29 is 18.4 Å². The Labute approximate surface area is 161 Å². The molecular formula is C17H18ClN3O5S. The largest absolute Gasteiger partial charge is 0.391 e. The van der Waals surface area contributed by atoms with Crippen LogP contribution in [0.25, 0.3) is 0 Å². The van der Waals surface area contributed by atoms with E-state index in [2.05, 4.69) is 4.72 Å². The maximum Gasteiger partial charge on any atom is 0.293 e. The minimum absolute atomic E-state index is 0.185. The van der Waals surface area contributed by atoms with Crippen LogP contribution >= 0.6 is 11.6 Å². The molecule has 8 nitrogen and oxygen atoms in total. The van der Waals surface area contributed by atoms with Gasteiger partial charge in [0, 0.05) is 19.2 Å². The number of β-amino-alcohol motifs (C(OH)–C–C–N with tert-alkyl or cyclic N) is 1. The molecule has 0 aliphatic carbocycles. The lowest BCUT2D eigenvalue weighted by Crippen LogP contribution is -2.38. The van der Waals surface area contributed by atoms with Gasteiger partial charge in [0.05, 0.1) is 26.6 Å². The van der Waals surface area contributed by atoms with Crippen molar-refractivity contribution in [1.29, 1.82) is 0 Å². The summed E-state index contributed by atoms with van der Waals surface area (Å²) in [5, 5.41) is 21.5. The molecule has 2 aromatic rings. The molecule has 1 aliphatic rings. The number of halogens is 1. The average molecular weight is 412 g/mol. The van der Waals surface area contributed by atoms with Gasteiger partial charge in [-0.05, 0) is 37.1 Å². The molecule has 0 aromatic heterocycles. The van der Waals surface area contributed by atoms with Crippen LogP contribution in [0.15, 0.2) is 47.4 Å². The van der Waals surface area contributed by atoms with Crippen LogP contribution in [0.1, 0.15) is 12.8 Å². The number of aliphatic hydroxyl groups is 1. The highest BCUT2D eigenvalue weighted by Gasteiger charge is 2.27. The molecule has 0 bridgehead atoms. The second-order valence-electron chi connectivity index (χ2n) is 6.24. The molecular weight excluding hydrogens is 394 g/mol. The minimum Gasteiger partial charge on any atom is -0.391 e. The van der Waals surface area contributed by atoms with E-state index in [1.165, 1.54) is 24.3 Å². The van der Waals surface area contributed by atoms with Crippen LogP contribution in [-0.2, 0) is 10.0 Å². The summed E-state index contributed by atoms with van der Waals surface area (Å²) >= 11 is 5.97. The third kappa shape index (κ3) is 4.32. The molecule has 1 fully saturated rings. The lowest BCUT2D eigenvalue weighted by Gasteiger charge is -2.31. The first-order chi connectivity index (χ1) is 12.8. The van der Waals surface area contributed by atoms with Gasteiger partial charge in [-0.2, -0.15) is 0 Å². The molecule has 10 heteroatoms. The lowest BCUT2D eigenvalue weighted by molar-refractivity contribution is -0.384.